The second-order valence-corrected chi connectivity index (χ2v) is 5.43. The van der Waals surface area contributed by atoms with Crippen LogP contribution in [0.4, 0.5) is 5.82 Å². The summed E-state index contributed by atoms with van der Waals surface area (Å²) in [6.45, 7) is 1.08. The van der Waals surface area contributed by atoms with Crippen LogP contribution in [0.3, 0.4) is 0 Å². The Labute approximate surface area is 114 Å². The normalized spacial score (nSPS) is 19.8. The lowest BCUT2D eigenvalue weighted by Gasteiger charge is -2.25. The zero-order valence-corrected chi connectivity index (χ0v) is 11.8. The summed E-state index contributed by atoms with van der Waals surface area (Å²) in [5, 5.41) is 9.21. The van der Waals surface area contributed by atoms with Crippen LogP contribution in [0.2, 0.25) is 0 Å². The standard InChI is InChI=1S/C12H16BrN5/c13-5-1-3-10-4-2-7-18(10)11-12-16-15-9-17(12)8-6-14-11/h6,8-10H,1-5,7H2. The highest BCUT2D eigenvalue weighted by Crippen LogP contribution is 2.28. The topological polar surface area (TPSA) is 46.3 Å². The van der Waals surface area contributed by atoms with Gasteiger partial charge in [0.1, 0.15) is 6.33 Å². The first-order valence-electron chi connectivity index (χ1n) is 6.37. The number of alkyl halides is 1. The Morgan fingerprint density at radius 2 is 2.39 bits per heavy atom. The maximum Gasteiger partial charge on any atom is 0.203 e. The van der Waals surface area contributed by atoms with Gasteiger partial charge in [0.15, 0.2) is 5.82 Å². The van der Waals surface area contributed by atoms with E-state index in [4.69, 9.17) is 0 Å². The van der Waals surface area contributed by atoms with Gasteiger partial charge in [-0.3, -0.25) is 4.40 Å². The number of fused-ring (bicyclic) bond motifs is 1. The number of nitrogens with zero attached hydrogens (tertiary/aromatic N) is 5. The minimum Gasteiger partial charge on any atom is -0.350 e. The summed E-state index contributed by atoms with van der Waals surface area (Å²) in [5.74, 6) is 0.979. The summed E-state index contributed by atoms with van der Waals surface area (Å²) in [5.41, 5.74) is 0.864. The Morgan fingerprint density at radius 3 is 3.28 bits per heavy atom. The molecule has 0 amide bonds. The summed E-state index contributed by atoms with van der Waals surface area (Å²) in [6.07, 6.45) is 10.4. The van der Waals surface area contributed by atoms with Crippen molar-refractivity contribution < 1.29 is 0 Å². The molecule has 96 valence electrons. The molecule has 2 aromatic rings. The predicted octanol–water partition coefficient (Wildman–Crippen LogP) is 2.27. The van der Waals surface area contributed by atoms with Crippen molar-refractivity contribution in [3.8, 4) is 0 Å². The van der Waals surface area contributed by atoms with Crippen molar-refractivity contribution in [1.82, 2.24) is 19.6 Å². The van der Waals surface area contributed by atoms with Crippen LogP contribution in [0.1, 0.15) is 25.7 Å². The first-order valence-corrected chi connectivity index (χ1v) is 7.49. The molecule has 1 fully saturated rings. The van der Waals surface area contributed by atoms with E-state index in [-0.39, 0.29) is 0 Å². The molecule has 1 aliphatic rings. The van der Waals surface area contributed by atoms with Gasteiger partial charge in [0.2, 0.25) is 5.65 Å². The lowest BCUT2D eigenvalue weighted by Crippen LogP contribution is -2.30. The molecule has 0 aromatic carbocycles. The van der Waals surface area contributed by atoms with Crippen LogP contribution in [-0.2, 0) is 0 Å². The summed E-state index contributed by atoms with van der Waals surface area (Å²) in [7, 11) is 0. The lowest BCUT2D eigenvalue weighted by atomic mass is 10.1. The van der Waals surface area contributed by atoms with Crippen LogP contribution < -0.4 is 4.90 Å². The van der Waals surface area contributed by atoms with Crippen molar-refractivity contribution >= 4 is 27.4 Å². The average molecular weight is 310 g/mol. The van der Waals surface area contributed by atoms with Crippen molar-refractivity contribution in [2.24, 2.45) is 0 Å². The monoisotopic (exact) mass is 309 g/mol. The second kappa shape index (κ2) is 5.22. The van der Waals surface area contributed by atoms with Gasteiger partial charge in [-0.1, -0.05) is 15.9 Å². The molecule has 1 unspecified atom stereocenters. The lowest BCUT2D eigenvalue weighted by molar-refractivity contribution is 0.600. The van der Waals surface area contributed by atoms with Gasteiger partial charge >= 0.3 is 0 Å². The molecule has 18 heavy (non-hydrogen) atoms. The van der Waals surface area contributed by atoms with Crippen molar-refractivity contribution in [2.45, 2.75) is 31.7 Å². The van der Waals surface area contributed by atoms with Crippen LogP contribution in [0, 0.1) is 0 Å². The summed E-state index contributed by atoms with van der Waals surface area (Å²) < 4.78 is 1.93. The van der Waals surface area contributed by atoms with Crippen molar-refractivity contribution in [3.63, 3.8) is 0 Å². The van der Waals surface area contributed by atoms with Crippen LogP contribution in [0.5, 0.6) is 0 Å². The van der Waals surface area contributed by atoms with E-state index >= 15 is 0 Å². The largest absolute Gasteiger partial charge is 0.350 e. The Kier molecular flexibility index (Phi) is 3.45. The van der Waals surface area contributed by atoms with Gasteiger partial charge in [-0.2, -0.15) is 0 Å². The minimum atomic E-state index is 0.595. The number of rotatable bonds is 4. The number of aromatic nitrogens is 4. The molecule has 2 aromatic heterocycles. The van der Waals surface area contributed by atoms with E-state index in [1.54, 1.807) is 6.33 Å². The highest BCUT2D eigenvalue weighted by Gasteiger charge is 2.27. The van der Waals surface area contributed by atoms with E-state index < -0.39 is 0 Å². The Balaban J connectivity index is 1.90. The number of anilines is 1. The van der Waals surface area contributed by atoms with E-state index in [1.165, 1.54) is 25.7 Å². The fraction of sp³-hybridized carbons (Fsp3) is 0.583. The Bertz CT molecular complexity index is 526. The number of halogens is 1. The van der Waals surface area contributed by atoms with Crippen molar-refractivity contribution in [1.29, 1.82) is 0 Å². The molecule has 1 saturated heterocycles. The van der Waals surface area contributed by atoms with Crippen LogP contribution in [0.25, 0.3) is 5.65 Å². The fourth-order valence-electron chi connectivity index (χ4n) is 2.68. The zero-order valence-electron chi connectivity index (χ0n) is 10.2. The van der Waals surface area contributed by atoms with Gasteiger partial charge in [-0.05, 0) is 25.7 Å². The molecule has 1 aliphatic heterocycles. The van der Waals surface area contributed by atoms with Gasteiger partial charge in [0, 0.05) is 30.3 Å². The zero-order chi connectivity index (χ0) is 12.4. The summed E-state index contributed by atoms with van der Waals surface area (Å²) in [4.78, 5) is 6.91. The maximum atomic E-state index is 4.51. The number of hydrogen-bond donors (Lipinski definition) is 0. The smallest absolute Gasteiger partial charge is 0.203 e. The third-order valence-corrected chi connectivity index (χ3v) is 4.08. The van der Waals surface area contributed by atoms with Crippen molar-refractivity contribution in [3.05, 3.63) is 18.7 Å². The van der Waals surface area contributed by atoms with Gasteiger partial charge in [0.05, 0.1) is 0 Å². The molecule has 3 heterocycles. The molecule has 0 spiro atoms. The fourth-order valence-corrected chi connectivity index (χ4v) is 3.00. The van der Waals surface area contributed by atoms with Gasteiger partial charge in [-0.15, -0.1) is 10.2 Å². The van der Waals surface area contributed by atoms with Crippen LogP contribution in [-0.4, -0.2) is 37.5 Å². The Morgan fingerprint density at radius 1 is 1.44 bits per heavy atom. The predicted molar refractivity (Wildman–Crippen MR) is 74.2 cm³/mol. The molecule has 0 bridgehead atoms. The maximum absolute atomic E-state index is 4.51. The number of hydrogen-bond acceptors (Lipinski definition) is 4. The van der Waals surface area contributed by atoms with Crippen LogP contribution in [0.15, 0.2) is 18.7 Å². The molecule has 0 radical (unpaired) electrons. The van der Waals surface area contributed by atoms with E-state index in [1.807, 2.05) is 16.8 Å². The summed E-state index contributed by atoms with van der Waals surface area (Å²) in [6, 6.07) is 0.595. The third kappa shape index (κ3) is 2.09. The van der Waals surface area contributed by atoms with E-state index in [0.29, 0.717) is 6.04 Å². The molecule has 1 atom stereocenters. The highest BCUT2D eigenvalue weighted by atomic mass is 79.9. The van der Waals surface area contributed by atoms with Crippen molar-refractivity contribution in [2.75, 3.05) is 16.8 Å². The quantitative estimate of drug-likeness (QED) is 0.813. The highest BCUT2D eigenvalue weighted by molar-refractivity contribution is 9.09. The Hall–Kier alpha value is -1.17. The SMILES string of the molecule is BrCCCC1CCCN1c1nccn2cnnc12. The van der Waals surface area contributed by atoms with Gasteiger partial charge in [0.25, 0.3) is 0 Å². The van der Waals surface area contributed by atoms with Gasteiger partial charge in [-0.25, -0.2) is 4.98 Å². The molecule has 5 nitrogen and oxygen atoms in total. The van der Waals surface area contributed by atoms with E-state index in [0.717, 1.165) is 23.3 Å². The average Bonchev–Trinajstić information content (AvgIpc) is 3.04. The molecule has 0 aliphatic carbocycles. The van der Waals surface area contributed by atoms with E-state index in [2.05, 4.69) is 36.0 Å². The van der Waals surface area contributed by atoms with Crippen LogP contribution >= 0.6 is 15.9 Å². The first-order chi connectivity index (χ1) is 8.90. The molecule has 0 N–H and O–H groups in total. The first kappa shape index (κ1) is 11.9. The molecular formula is C12H16BrN5. The minimum absolute atomic E-state index is 0.595. The second-order valence-electron chi connectivity index (χ2n) is 4.63. The molecule has 6 heteroatoms. The molecular weight excluding hydrogens is 294 g/mol. The van der Waals surface area contributed by atoms with Gasteiger partial charge < -0.3 is 4.90 Å². The third-order valence-electron chi connectivity index (χ3n) is 3.52. The van der Waals surface area contributed by atoms with E-state index in [9.17, 15) is 0 Å². The molecule has 0 saturated carbocycles. The summed E-state index contributed by atoms with van der Waals surface area (Å²) >= 11 is 3.51. The molecule has 3 rings (SSSR count).